The number of para-hydroxylation sites is 1. The number of methoxy groups -OCH3 is 2. The van der Waals surface area contributed by atoms with Crippen LogP contribution in [0.1, 0.15) is 18.1 Å². The summed E-state index contributed by atoms with van der Waals surface area (Å²) in [5.74, 6) is -0.0820. The lowest BCUT2D eigenvalue weighted by Crippen LogP contribution is -2.17. The van der Waals surface area contributed by atoms with Gasteiger partial charge >= 0.3 is 0 Å². The number of benzene rings is 2. The Kier molecular flexibility index (Phi) is 8.14. The van der Waals surface area contributed by atoms with Crippen LogP contribution in [0, 0.1) is 12.7 Å². The summed E-state index contributed by atoms with van der Waals surface area (Å²) in [6.07, 6.45) is 0. The molecule has 5 aromatic rings. The minimum atomic E-state index is -4.16. The molecule has 42 heavy (non-hydrogen) atoms. The normalized spacial score (nSPS) is 11.5. The third-order valence-corrected chi connectivity index (χ3v) is 7.59. The molecule has 1 N–H and O–H groups in total. The van der Waals surface area contributed by atoms with Gasteiger partial charge in [-0.2, -0.15) is 0 Å². The molecule has 218 valence electrons. The third kappa shape index (κ3) is 5.78. The Balaban J connectivity index is 1.70. The number of hydrogen-bond acceptors (Lipinski definition) is 9. The number of halogens is 2. The number of rotatable bonds is 10. The number of hydrogen-bond donors (Lipinski definition) is 1. The molecule has 0 aliphatic heterocycles. The standard InChI is InChI=1S/C28H26ClFN6O5S/c1-5-41-22-11-6-8-19(31-22)27-34-26-28(36(27)23-20(39-3)9-7-10-21(23)40-4)33-25(24(29)32-26)35-42(37,38)15-17-13-12-16(2)14-18(17)30/h6-14H,5,15H2,1-4H3,(H,33,35). The number of sulfonamides is 1. The molecule has 0 radical (unpaired) electrons. The van der Waals surface area contributed by atoms with Crippen molar-refractivity contribution in [1.82, 2.24) is 24.5 Å². The van der Waals surface area contributed by atoms with Crippen LogP contribution in [-0.4, -0.2) is 53.7 Å². The van der Waals surface area contributed by atoms with Crippen molar-refractivity contribution in [3.63, 3.8) is 0 Å². The van der Waals surface area contributed by atoms with Gasteiger partial charge in [-0.3, -0.25) is 9.29 Å². The van der Waals surface area contributed by atoms with Gasteiger partial charge < -0.3 is 14.2 Å². The second-order valence-corrected chi connectivity index (χ2v) is 11.1. The van der Waals surface area contributed by atoms with E-state index in [4.69, 9.17) is 25.8 Å². The van der Waals surface area contributed by atoms with Crippen LogP contribution in [0.15, 0.2) is 54.6 Å². The molecule has 3 heterocycles. The maximum absolute atomic E-state index is 14.4. The molecule has 0 saturated heterocycles. The molecule has 0 atom stereocenters. The van der Waals surface area contributed by atoms with Crippen molar-refractivity contribution >= 4 is 38.7 Å². The summed E-state index contributed by atoms with van der Waals surface area (Å²) in [5.41, 5.74) is 1.69. The summed E-state index contributed by atoms with van der Waals surface area (Å²) in [4.78, 5) is 18.1. The lowest BCUT2D eigenvalue weighted by Gasteiger charge is -2.16. The van der Waals surface area contributed by atoms with Crippen LogP contribution in [0.3, 0.4) is 0 Å². The highest BCUT2D eigenvalue weighted by Crippen LogP contribution is 2.38. The molecule has 0 bridgehead atoms. The van der Waals surface area contributed by atoms with Crippen molar-refractivity contribution in [1.29, 1.82) is 0 Å². The Labute approximate surface area is 246 Å². The quantitative estimate of drug-likeness (QED) is 0.222. The van der Waals surface area contributed by atoms with Crippen molar-refractivity contribution in [2.24, 2.45) is 0 Å². The van der Waals surface area contributed by atoms with E-state index < -0.39 is 21.6 Å². The number of nitrogens with one attached hydrogen (secondary N) is 1. The Hall–Kier alpha value is -4.49. The Bertz CT molecular complexity index is 1880. The average molecular weight is 613 g/mol. The lowest BCUT2D eigenvalue weighted by molar-refractivity contribution is 0.327. The van der Waals surface area contributed by atoms with E-state index in [1.165, 1.54) is 26.4 Å². The molecule has 0 spiro atoms. The van der Waals surface area contributed by atoms with Gasteiger partial charge in [0.05, 0.1) is 26.6 Å². The number of imidazole rings is 1. The average Bonchev–Trinajstić information content (AvgIpc) is 3.32. The zero-order valence-corrected chi connectivity index (χ0v) is 24.6. The predicted molar refractivity (Wildman–Crippen MR) is 157 cm³/mol. The fourth-order valence-electron chi connectivity index (χ4n) is 4.30. The van der Waals surface area contributed by atoms with Gasteiger partial charge in [-0.1, -0.05) is 35.9 Å². The smallest absolute Gasteiger partial charge is 0.238 e. The Morgan fingerprint density at radius 2 is 1.69 bits per heavy atom. The highest BCUT2D eigenvalue weighted by atomic mass is 35.5. The largest absolute Gasteiger partial charge is 0.494 e. The van der Waals surface area contributed by atoms with E-state index in [0.29, 0.717) is 40.9 Å². The molecule has 14 heteroatoms. The number of fused-ring (bicyclic) bond motifs is 1. The molecular formula is C28H26ClFN6O5S. The Morgan fingerprint density at radius 1 is 0.976 bits per heavy atom. The second kappa shape index (κ2) is 11.8. The molecule has 2 aromatic carbocycles. The van der Waals surface area contributed by atoms with Crippen LogP contribution in [-0.2, 0) is 15.8 Å². The van der Waals surface area contributed by atoms with Crippen molar-refractivity contribution in [3.8, 4) is 34.6 Å². The maximum atomic E-state index is 14.4. The van der Waals surface area contributed by atoms with Gasteiger partial charge in [0.2, 0.25) is 15.9 Å². The van der Waals surface area contributed by atoms with Crippen molar-refractivity contribution in [3.05, 3.63) is 76.7 Å². The first-order valence-electron chi connectivity index (χ1n) is 12.7. The molecule has 0 fully saturated rings. The SMILES string of the molecule is CCOc1cccc(-c2nc3nc(Cl)c(NS(=O)(=O)Cc4ccc(C)cc4F)nc3n2-c2c(OC)cccc2OC)n1. The second-order valence-electron chi connectivity index (χ2n) is 9.04. The van der Waals surface area contributed by atoms with Gasteiger partial charge in [0.15, 0.2) is 28.1 Å². The van der Waals surface area contributed by atoms with E-state index >= 15 is 0 Å². The van der Waals surface area contributed by atoms with E-state index in [-0.39, 0.29) is 33.7 Å². The Morgan fingerprint density at radius 3 is 2.36 bits per heavy atom. The first-order valence-corrected chi connectivity index (χ1v) is 14.7. The zero-order valence-electron chi connectivity index (χ0n) is 23.1. The van der Waals surface area contributed by atoms with Crippen molar-refractivity contribution in [2.75, 3.05) is 25.5 Å². The summed E-state index contributed by atoms with van der Waals surface area (Å²) >= 11 is 6.39. The molecule has 3 aromatic heterocycles. The van der Waals surface area contributed by atoms with E-state index in [1.807, 2.05) is 6.92 Å². The van der Waals surface area contributed by atoms with Crippen LogP contribution in [0.4, 0.5) is 10.2 Å². The van der Waals surface area contributed by atoms with Crippen LogP contribution in [0.25, 0.3) is 28.5 Å². The van der Waals surface area contributed by atoms with E-state index in [0.717, 1.165) is 0 Å². The van der Waals surface area contributed by atoms with E-state index in [2.05, 4.69) is 24.7 Å². The minimum Gasteiger partial charge on any atom is -0.494 e. The molecule has 0 aliphatic carbocycles. The predicted octanol–water partition coefficient (Wildman–Crippen LogP) is 5.34. The number of aryl methyl sites for hydroxylation is 1. The summed E-state index contributed by atoms with van der Waals surface area (Å²) in [6.45, 7) is 3.96. The molecule has 0 unspecified atom stereocenters. The molecule has 0 amide bonds. The van der Waals surface area contributed by atoms with Crippen LogP contribution in [0.2, 0.25) is 5.15 Å². The van der Waals surface area contributed by atoms with Gasteiger partial charge in [0, 0.05) is 11.6 Å². The molecule has 0 aliphatic rings. The van der Waals surface area contributed by atoms with Gasteiger partial charge in [-0.15, -0.1) is 0 Å². The number of ether oxygens (including phenoxy) is 3. The van der Waals surface area contributed by atoms with Crippen LogP contribution < -0.4 is 18.9 Å². The van der Waals surface area contributed by atoms with E-state index in [1.54, 1.807) is 54.0 Å². The van der Waals surface area contributed by atoms with Gasteiger partial charge in [0.25, 0.3) is 0 Å². The first-order chi connectivity index (χ1) is 20.1. The number of pyridine rings is 1. The monoisotopic (exact) mass is 612 g/mol. The fourth-order valence-corrected chi connectivity index (χ4v) is 5.68. The summed E-state index contributed by atoms with van der Waals surface area (Å²) < 4.78 is 61.4. The van der Waals surface area contributed by atoms with Gasteiger partial charge in [-0.05, 0) is 43.7 Å². The highest BCUT2D eigenvalue weighted by Gasteiger charge is 2.26. The molecule has 0 saturated carbocycles. The number of nitrogens with zero attached hydrogens (tertiary/aromatic N) is 5. The summed E-state index contributed by atoms with van der Waals surface area (Å²) in [5, 5.41) is -0.255. The number of aromatic nitrogens is 5. The number of anilines is 1. The van der Waals surface area contributed by atoms with Crippen LogP contribution in [0.5, 0.6) is 17.4 Å². The fraction of sp³-hybridized carbons (Fsp3) is 0.214. The third-order valence-electron chi connectivity index (χ3n) is 6.13. The highest BCUT2D eigenvalue weighted by molar-refractivity contribution is 7.91. The maximum Gasteiger partial charge on any atom is 0.238 e. The topological polar surface area (TPSA) is 130 Å². The molecule has 5 rings (SSSR count). The minimum absolute atomic E-state index is 0.00963. The van der Waals surface area contributed by atoms with Crippen molar-refractivity contribution in [2.45, 2.75) is 19.6 Å². The summed E-state index contributed by atoms with van der Waals surface area (Å²) in [6, 6.07) is 14.7. The van der Waals surface area contributed by atoms with E-state index in [9.17, 15) is 12.8 Å². The van der Waals surface area contributed by atoms with Gasteiger partial charge in [0.1, 0.15) is 28.7 Å². The van der Waals surface area contributed by atoms with Crippen LogP contribution >= 0.6 is 11.6 Å². The lowest BCUT2D eigenvalue weighted by atomic mass is 10.2. The molecule has 11 nitrogen and oxygen atoms in total. The first kappa shape index (κ1) is 29.0. The van der Waals surface area contributed by atoms with Gasteiger partial charge in [-0.25, -0.2) is 32.7 Å². The van der Waals surface area contributed by atoms with Crippen molar-refractivity contribution < 1.29 is 27.0 Å². The zero-order chi connectivity index (χ0) is 30.0. The molecular weight excluding hydrogens is 587 g/mol. The summed E-state index contributed by atoms with van der Waals surface area (Å²) in [7, 11) is -1.16.